The first kappa shape index (κ1) is 15.5. The molecule has 1 aromatic rings. The zero-order valence-corrected chi connectivity index (χ0v) is 14.3. The second kappa shape index (κ2) is 5.68. The molecule has 2 N–H and O–H groups in total. The van der Waals surface area contributed by atoms with Crippen molar-refractivity contribution in [3.05, 3.63) is 16.5 Å². The molecule has 0 aliphatic heterocycles. The van der Waals surface area contributed by atoms with E-state index >= 15 is 0 Å². The summed E-state index contributed by atoms with van der Waals surface area (Å²) in [7, 11) is -3.64. The highest BCUT2D eigenvalue weighted by Crippen LogP contribution is 2.49. The minimum Gasteiger partial charge on any atom is -0.450 e. The fourth-order valence-corrected chi connectivity index (χ4v) is 6.25. The molecule has 0 spiro atoms. The van der Waals surface area contributed by atoms with Crippen LogP contribution in [0.1, 0.15) is 38.4 Å². The van der Waals surface area contributed by atoms with Gasteiger partial charge in [0, 0.05) is 12.1 Å². The second-order valence-electron chi connectivity index (χ2n) is 6.26. The standard InChI is InChI=1S/C14H20BrNO4S/c1-8(12-5-9-2-3-10(12)4-9)16-21(18,19)13-6-11(7-17)20-14(13)15/h6,8-10,12,16-17H,2-5,7H2,1H3. The third-order valence-corrected chi connectivity index (χ3v) is 7.34. The number of fused-ring (bicyclic) bond motifs is 2. The van der Waals surface area contributed by atoms with Gasteiger partial charge in [0.1, 0.15) is 17.3 Å². The smallest absolute Gasteiger partial charge is 0.245 e. The highest BCUT2D eigenvalue weighted by atomic mass is 79.9. The summed E-state index contributed by atoms with van der Waals surface area (Å²) in [6.45, 7) is 1.62. The molecule has 0 radical (unpaired) electrons. The van der Waals surface area contributed by atoms with Gasteiger partial charge in [0.15, 0.2) is 4.67 Å². The van der Waals surface area contributed by atoms with Crippen LogP contribution < -0.4 is 4.72 Å². The third kappa shape index (κ3) is 2.93. The topological polar surface area (TPSA) is 79.5 Å². The molecule has 21 heavy (non-hydrogen) atoms. The normalized spacial score (nSPS) is 30.0. The molecule has 2 fully saturated rings. The van der Waals surface area contributed by atoms with Crippen LogP contribution in [0.4, 0.5) is 0 Å². The third-order valence-electron chi connectivity index (χ3n) is 4.93. The lowest BCUT2D eigenvalue weighted by Gasteiger charge is -2.28. The number of halogens is 1. The van der Waals surface area contributed by atoms with E-state index in [1.165, 1.54) is 25.3 Å². The first-order valence-electron chi connectivity index (χ1n) is 7.32. The second-order valence-corrected chi connectivity index (χ2v) is 8.66. The van der Waals surface area contributed by atoms with Crippen LogP contribution in [-0.2, 0) is 16.6 Å². The van der Waals surface area contributed by atoms with E-state index in [-0.39, 0.29) is 28.0 Å². The summed E-state index contributed by atoms with van der Waals surface area (Å²) in [5, 5.41) is 9.04. The molecule has 2 bridgehead atoms. The van der Waals surface area contributed by atoms with Crippen molar-refractivity contribution < 1.29 is 17.9 Å². The maximum absolute atomic E-state index is 12.5. The van der Waals surface area contributed by atoms with Crippen LogP contribution in [0.15, 0.2) is 20.0 Å². The average molecular weight is 378 g/mol. The molecule has 4 atom stereocenters. The summed E-state index contributed by atoms with van der Waals surface area (Å²) in [6.07, 6.45) is 4.91. The summed E-state index contributed by atoms with van der Waals surface area (Å²) in [5.41, 5.74) is 0. The molecule has 4 unspecified atom stereocenters. The van der Waals surface area contributed by atoms with Crippen LogP contribution in [0, 0.1) is 17.8 Å². The Morgan fingerprint density at radius 2 is 2.24 bits per heavy atom. The van der Waals surface area contributed by atoms with E-state index in [9.17, 15) is 8.42 Å². The number of nitrogens with one attached hydrogen (secondary N) is 1. The Hall–Kier alpha value is -0.370. The Morgan fingerprint density at radius 1 is 1.48 bits per heavy atom. The van der Waals surface area contributed by atoms with Crippen molar-refractivity contribution in [2.75, 3.05) is 0 Å². The van der Waals surface area contributed by atoms with Crippen LogP contribution >= 0.6 is 15.9 Å². The van der Waals surface area contributed by atoms with Crippen molar-refractivity contribution in [1.29, 1.82) is 0 Å². The zero-order valence-electron chi connectivity index (χ0n) is 11.9. The van der Waals surface area contributed by atoms with Gasteiger partial charge < -0.3 is 9.52 Å². The first-order valence-corrected chi connectivity index (χ1v) is 9.59. The lowest BCUT2D eigenvalue weighted by atomic mass is 9.84. The highest BCUT2D eigenvalue weighted by molar-refractivity contribution is 9.10. The summed E-state index contributed by atoms with van der Waals surface area (Å²) >= 11 is 3.10. The Balaban J connectivity index is 1.75. The van der Waals surface area contributed by atoms with Crippen LogP contribution in [0.3, 0.4) is 0 Å². The average Bonchev–Trinajstić information content (AvgIpc) is 3.12. The van der Waals surface area contributed by atoms with E-state index in [0.29, 0.717) is 11.8 Å². The largest absolute Gasteiger partial charge is 0.450 e. The van der Waals surface area contributed by atoms with Crippen molar-refractivity contribution in [3.63, 3.8) is 0 Å². The van der Waals surface area contributed by atoms with Crippen molar-refractivity contribution in [3.8, 4) is 0 Å². The number of furan rings is 1. The fraction of sp³-hybridized carbons (Fsp3) is 0.714. The first-order chi connectivity index (χ1) is 9.90. The van der Waals surface area contributed by atoms with E-state index in [4.69, 9.17) is 9.52 Å². The Kier molecular flexibility index (Phi) is 4.20. The number of aliphatic hydroxyl groups is 1. The summed E-state index contributed by atoms with van der Waals surface area (Å²) in [5.74, 6) is 2.11. The fourth-order valence-electron chi connectivity index (χ4n) is 3.96. The summed E-state index contributed by atoms with van der Waals surface area (Å²) < 4.78 is 33.0. The highest BCUT2D eigenvalue weighted by Gasteiger charge is 2.42. The SMILES string of the molecule is CC(NS(=O)(=O)c1cc(CO)oc1Br)C1CC2CCC1C2. The van der Waals surface area contributed by atoms with Crippen LogP contribution in [-0.4, -0.2) is 19.6 Å². The van der Waals surface area contributed by atoms with Gasteiger partial charge in [0.05, 0.1) is 0 Å². The molecule has 1 heterocycles. The zero-order chi connectivity index (χ0) is 15.2. The van der Waals surface area contributed by atoms with E-state index < -0.39 is 10.0 Å². The van der Waals surface area contributed by atoms with Crippen LogP contribution in [0.5, 0.6) is 0 Å². The number of hydrogen-bond acceptors (Lipinski definition) is 4. The predicted molar refractivity (Wildman–Crippen MR) is 81.1 cm³/mol. The van der Waals surface area contributed by atoms with Gasteiger partial charge in [-0.15, -0.1) is 0 Å². The summed E-state index contributed by atoms with van der Waals surface area (Å²) in [6, 6.07) is 1.28. The Labute approximate surface area is 133 Å². The van der Waals surface area contributed by atoms with E-state index in [1.54, 1.807) is 0 Å². The molecule has 0 amide bonds. The van der Waals surface area contributed by atoms with Gasteiger partial charge in [-0.3, -0.25) is 0 Å². The van der Waals surface area contributed by atoms with E-state index in [1.807, 2.05) is 6.92 Å². The van der Waals surface area contributed by atoms with Crippen LogP contribution in [0.2, 0.25) is 0 Å². The molecule has 0 saturated heterocycles. The number of rotatable bonds is 5. The predicted octanol–water partition coefficient (Wildman–Crippen LogP) is 2.64. The molecule has 0 aromatic carbocycles. The van der Waals surface area contributed by atoms with Gasteiger partial charge >= 0.3 is 0 Å². The maximum atomic E-state index is 12.5. The monoisotopic (exact) mass is 377 g/mol. The number of sulfonamides is 1. The molecule has 2 aliphatic carbocycles. The molecule has 1 aromatic heterocycles. The molecule has 2 saturated carbocycles. The molecular formula is C14H20BrNO4S. The maximum Gasteiger partial charge on any atom is 0.245 e. The minimum atomic E-state index is -3.64. The number of aliphatic hydroxyl groups excluding tert-OH is 1. The van der Waals surface area contributed by atoms with Gasteiger partial charge in [-0.05, 0) is 59.9 Å². The van der Waals surface area contributed by atoms with Crippen molar-refractivity contribution in [2.45, 2.75) is 50.2 Å². The van der Waals surface area contributed by atoms with Gasteiger partial charge in [-0.25, -0.2) is 13.1 Å². The van der Waals surface area contributed by atoms with Gasteiger partial charge in [0.25, 0.3) is 0 Å². The van der Waals surface area contributed by atoms with E-state index in [2.05, 4.69) is 20.7 Å². The quantitative estimate of drug-likeness (QED) is 0.826. The van der Waals surface area contributed by atoms with Crippen molar-refractivity contribution in [1.82, 2.24) is 4.72 Å². The molecule has 118 valence electrons. The van der Waals surface area contributed by atoms with Gasteiger partial charge in [-0.1, -0.05) is 6.42 Å². The molecule has 2 aliphatic rings. The lowest BCUT2D eigenvalue weighted by molar-refractivity contribution is 0.245. The summed E-state index contributed by atoms with van der Waals surface area (Å²) in [4.78, 5) is 0.0570. The molecule has 5 nitrogen and oxygen atoms in total. The van der Waals surface area contributed by atoms with E-state index in [0.717, 1.165) is 12.3 Å². The number of hydrogen-bond donors (Lipinski definition) is 2. The van der Waals surface area contributed by atoms with Crippen molar-refractivity contribution >= 4 is 26.0 Å². The van der Waals surface area contributed by atoms with Gasteiger partial charge in [-0.2, -0.15) is 0 Å². The molecule has 3 rings (SSSR count). The minimum absolute atomic E-state index is 0.0570. The Morgan fingerprint density at radius 3 is 2.76 bits per heavy atom. The van der Waals surface area contributed by atoms with Gasteiger partial charge in [0.2, 0.25) is 10.0 Å². The molecular weight excluding hydrogens is 358 g/mol. The molecule has 7 heteroatoms. The van der Waals surface area contributed by atoms with Crippen molar-refractivity contribution in [2.24, 2.45) is 17.8 Å². The van der Waals surface area contributed by atoms with Crippen LogP contribution in [0.25, 0.3) is 0 Å². The lowest BCUT2D eigenvalue weighted by Crippen LogP contribution is -2.40. The Bertz CT molecular complexity index is 627.